The van der Waals surface area contributed by atoms with E-state index in [-0.39, 0.29) is 0 Å². The molecule has 0 unspecified atom stereocenters. The summed E-state index contributed by atoms with van der Waals surface area (Å²) in [6, 6.07) is 91.1. The van der Waals surface area contributed by atoms with Gasteiger partial charge in [-0.2, -0.15) is 9.97 Å². The fraction of sp³-hybridized carbons (Fsp3) is 0.120. The summed E-state index contributed by atoms with van der Waals surface area (Å²) >= 11 is 3.68. The summed E-state index contributed by atoms with van der Waals surface area (Å²) in [6.07, 6.45) is 9.85. The molecule has 2 saturated carbocycles. The highest BCUT2D eigenvalue weighted by Crippen LogP contribution is 2.46. The van der Waals surface area contributed by atoms with E-state index >= 15 is 0 Å². The van der Waals surface area contributed by atoms with Crippen LogP contribution in [-0.4, -0.2) is 34.1 Å². The Labute approximate surface area is 539 Å². The molecule has 7 nitrogen and oxygen atoms in total. The van der Waals surface area contributed by atoms with Crippen molar-refractivity contribution in [3.05, 3.63) is 260 Å². The number of aromatic nitrogens is 7. The molecule has 0 aliphatic heterocycles. The van der Waals surface area contributed by atoms with Crippen LogP contribution < -0.4 is 0 Å². The molecule has 9 heteroatoms. The minimum atomic E-state index is 0.516. The van der Waals surface area contributed by atoms with Gasteiger partial charge in [-0.05, 0) is 150 Å². The third-order valence-electron chi connectivity index (χ3n) is 19.9. The summed E-state index contributed by atoms with van der Waals surface area (Å²) in [7, 11) is 0. The van der Waals surface area contributed by atoms with Crippen LogP contribution in [0.15, 0.2) is 249 Å². The van der Waals surface area contributed by atoms with Gasteiger partial charge >= 0.3 is 0 Å². The number of fused-ring (bicyclic) bond motifs is 12. The molecule has 6 aromatic heterocycles. The molecule has 92 heavy (non-hydrogen) atoms. The number of hydrogen-bond donors (Lipinski definition) is 0. The van der Waals surface area contributed by atoms with E-state index in [2.05, 4.69) is 258 Å². The van der Waals surface area contributed by atoms with Gasteiger partial charge in [-0.25, -0.2) is 15.0 Å². The molecule has 0 radical (unpaired) electrons. The molecule has 0 N–H and O–H groups in total. The van der Waals surface area contributed by atoms with Crippen LogP contribution in [0, 0.1) is 0 Å². The van der Waals surface area contributed by atoms with E-state index in [1.165, 1.54) is 119 Å². The second kappa shape index (κ2) is 21.6. The molecule has 17 aromatic rings. The molecule has 2 aliphatic rings. The molecule has 0 spiro atoms. The third-order valence-corrected chi connectivity index (χ3v) is 22.2. The number of thiophene rings is 2. The monoisotopic (exact) mass is 1220 g/mol. The standard InChI is InChI=1S/C83H59N7S2/c1-3-15-50(16-4-1)54-27-31-56(32-28-54)80-86-81(57-33-29-55(30-34-57)51-17-5-2-6-18-51)88-83(87-80)90-73-40-36-59(53-21-9-10-22-53)44-65(73)67-47-66-64-43-58(52-19-7-8-20-52)35-39-72(64)89(74(66)49-75(67)90)82-84-70(60-37-41-78-68(45-60)62-23-11-13-25-76(62)91-78)48-71(85-82)61-38-42-79-69(46-61)63-24-12-14-26-77(63)92-79/h1-6,11-18,23-49,52-53H,7-10,19-22H2. The molecule has 11 aromatic carbocycles. The van der Waals surface area contributed by atoms with Gasteiger partial charge < -0.3 is 0 Å². The first kappa shape index (κ1) is 53.4. The normalized spacial score (nSPS) is 14.1. The molecule has 6 heterocycles. The SMILES string of the molecule is c1ccc(-c2ccc(-c3nc(-c4ccc(-c5ccccc5)cc4)nc(-n4c5ccc(C6CCCC6)cc5c5cc6c7cc(C8CCCC8)ccc7n(-c7nc(-c8ccc9sc%10ccccc%10c9c8)cc(-c8ccc9sc%10ccccc%10c9c8)n7)c6cc54)n3)cc2)cc1. The van der Waals surface area contributed by atoms with E-state index in [4.69, 9.17) is 24.9 Å². The largest absolute Gasteiger partial charge is 0.278 e. The van der Waals surface area contributed by atoms with Crippen LogP contribution in [0.25, 0.3) is 163 Å². The van der Waals surface area contributed by atoms with Gasteiger partial charge in [0.15, 0.2) is 11.6 Å². The van der Waals surface area contributed by atoms with E-state index in [1.807, 2.05) is 22.7 Å². The van der Waals surface area contributed by atoms with Gasteiger partial charge in [0.05, 0.1) is 33.5 Å². The maximum absolute atomic E-state index is 5.76. The topological polar surface area (TPSA) is 74.3 Å². The van der Waals surface area contributed by atoms with Crippen LogP contribution in [0.1, 0.15) is 74.3 Å². The molecule has 2 fully saturated rings. The van der Waals surface area contributed by atoms with E-state index in [9.17, 15) is 0 Å². The Hall–Kier alpha value is -10.5. The molecule has 0 saturated heterocycles. The lowest BCUT2D eigenvalue weighted by molar-refractivity contribution is 0.724. The Morgan fingerprint density at radius 2 is 0.641 bits per heavy atom. The molecule has 0 bridgehead atoms. The number of hydrogen-bond acceptors (Lipinski definition) is 7. The highest BCUT2D eigenvalue weighted by molar-refractivity contribution is 7.26. The van der Waals surface area contributed by atoms with E-state index in [1.54, 1.807) is 0 Å². The van der Waals surface area contributed by atoms with Crippen molar-refractivity contribution in [1.29, 1.82) is 0 Å². The molecular weight excluding hydrogens is 1160 g/mol. The zero-order valence-electron chi connectivity index (χ0n) is 50.4. The molecule has 19 rings (SSSR count). The van der Waals surface area contributed by atoms with Crippen molar-refractivity contribution in [3.8, 4) is 79.4 Å². The molecular formula is C83H59N7S2. The second-order valence-corrected chi connectivity index (χ2v) is 27.5. The Morgan fingerprint density at radius 3 is 1.11 bits per heavy atom. The third kappa shape index (κ3) is 9.00. The molecule has 0 amide bonds. The Morgan fingerprint density at radius 1 is 0.261 bits per heavy atom. The van der Waals surface area contributed by atoms with E-state index in [0.29, 0.717) is 35.4 Å². The van der Waals surface area contributed by atoms with Crippen LogP contribution in [0.4, 0.5) is 0 Å². The lowest BCUT2D eigenvalue weighted by atomic mass is 9.95. The highest BCUT2D eigenvalue weighted by Gasteiger charge is 2.27. The summed E-state index contributed by atoms with van der Waals surface area (Å²) in [4.78, 5) is 28.0. The maximum atomic E-state index is 5.76. The lowest BCUT2D eigenvalue weighted by Crippen LogP contribution is -2.07. The summed E-state index contributed by atoms with van der Waals surface area (Å²) in [6.45, 7) is 0. The average Bonchev–Trinajstić information content (AvgIpc) is 1.56. The van der Waals surface area contributed by atoms with Gasteiger partial charge in [-0.1, -0.05) is 196 Å². The molecule has 0 atom stereocenters. The van der Waals surface area contributed by atoms with Crippen molar-refractivity contribution >= 4 is 107 Å². The quantitative estimate of drug-likeness (QED) is 0.136. The van der Waals surface area contributed by atoms with Gasteiger partial charge in [0, 0.05) is 84.1 Å². The first-order valence-corrected chi connectivity index (χ1v) is 34.0. The van der Waals surface area contributed by atoms with Gasteiger partial charge in [0.2, 0.25) is 11.9 Å². The summed E-state index contributed by atoms with van der Waals surface area (Å²) < 4.78 is 9.73. The lowest BCUT2D eigenvalue weighted by Gasteiger charge is -2.14. The minimum absolute atomic E-state index is 0.516. The number of rotatable bonds is 10. The Bertz CT molecular complexity index is 5540. The smallest absolute Gasteiger partial charge is 0.238 e. The predicted molar refractivity (Wildman–Crippen MR) is 385 cm³/mol. The van der Waals surface area contributed by atoms with Gasteiger partial charge in [-0.3, -0.25) is 9.13 Å². The number of nitrogens with zero attached hydrogens (tertiary/aromatic N) is 7. The van der Waals surface area contributed by atoms with Crippen molar-refractivity contribution in [2.75, 3.05) is 0 Å². The van der Waals surface area contributed by atoms with Crippen molar-refractivity contribution in [3.63, 3.8) is 0 Å². The number of benzene rings is 11. The minimum Gasteiger partial charge on any atom is -0.278 e. The van der Waals surface area contributed by atoms with Crippen LogP contribution in [-0.2, 0) is 0 Å². The van der Waals surface area contributed by atoms with Gasteiger partial charge in [0.1, 0.15) is 0 Å². The van der Waals surface area contributed by atoms with Gasteiger partial charge in [-0.15, -0.1) is 22.7 Å². The van der Waals surface area contributed by atoms with Crippen molar-refractivity contribution < 1.29 is 0 Å². The first-order valence-electron chi connectivity index (χ1n) is 32.4. The summed E-state index contributed by atoms with van der Waals surface area (Å²) in [5.41, 5.74) is 17.1. The molecule has 438 valence electrons. The van der Waals surface area contributed by atoms with Crippen molar-refractivity contribution in [2.24, 2.45) is 0 Å². The first-order chi connectivity index (χ1) is 45.5. The highest BCUT2D eigenvalue weighted by atomic mass is 32.1. The zero-order valence-corrected chi connectivity index (χ0v) is 52.1. The predicted octanol–water partition coefficient (Wildman–Crippen LogP) is 22.9. The Balaban J connectivity index is 0.878. The summed E-state index contributed by atoms with van der Waals surface area (Å²) in [5, 5.41) is 9.70. The van der Waals surface area contributed by atoms with Crippen LogP contribution in [0.2, 0.25) is 0 Å². The van der Waals surface area contributed by atoms with Crippen molar-refractivity contribution in [1.82, 2.24) is 34.1 Å². The fourth-order valence-electron chi connectivity index (χ4n) is 15.2. The van der Waals surface area contributed by atoms with E-state index < -0.39 is 0 Å². The maximum Gasteiger partial charge on any atom is 0.238 e. The van der Waals surface area contributed by atoms with Crippen molar-refractivity contribution in [2.45, 2.75) is 63.2 Å². The molecule has 2 aliphatic carbocycles. The van der Waals surface area contributed by atoms with Crippen LogP contribution >= 0.6 is 22.7 Å². The Kier molecular flexibility index (Phi) is 12.5. The van der Waals surface area contributed by atoms with E-state index in [0.717, 1.165) is 83.3 Å². The summed E-state index contributed by atoms with van der Waals surface area (Å²) in [5.74, 6) is 3.41. The van der Waals surface area contributed by atoms with Crippen LogP contribution in [0.3, 0.4) is 0 Å². The average molecular weight is 1220 g/mol. The zero-order chi connectivity index (χ0) is 60.4. The van der Waals surface area contributed by atoms with Crippen LogP contribution in [0.5, 0.6) is 0 Å². The second-order valence-electron chi connectivity index (χ2n) is 25.3. The fourth-order valence-corrected chi connectivity index (χ4v) is 17.4. The van der Waals surface area contributed by atoms with Gasteiger partial charge in [0.25, 0.3) is 0 Å².